The first kappa shape index (κ1) is 13.3. The fraction of sp³-hybridized carbons (Fsp3) is 0.357. The molecule has 100 valence electrons. The summed E-state index contributed by atoms with van der Waals surface area (Å²) in [5.74, 6) is -0.393. The smallest absolute Gasteiger partial charge is 0.304 e. The Bertz CT molecular complexity index is 578. The predicted octanol–water partition coefficient (Wildman–Crippen LogP) is 2.55. The van der Waals surface area contributed by atoms with Gasteiger partial charge in [0.05, 0.1) is 12.3 Å². The number of rotatable bonds is 5. The van der Waals surface area contributed by atoms with Gasteiger partial charge in [-0.15, -0.1) is 10.2 Å². The van der Waals surface area contributed by atoms with Crippen LogP contribution in [0.1, 0.15) is 42.2 Å². The zero-order valence-electron chi connectivity index (χ0n) is 11.0. The first-order valence-corrected chi connectivity index (χ1v) is 6.20. The number of carboxylic acids is 1. The van der Waals surface area contributed by atoms with Gasteiger partial charge in [0, 0.05) is 6.42 Å². The highest BCUT2D eigenvalue weighted by molar-refractivity contribution is 5.68. The van der Waals surface area contributed by atoms with Crippen molar-refractivity contribution >= 4 is 5.97 Å². The van der Waals surface area contributed by atoms with Gasteiger partial charge in [-0.25, -0.2) is 0 Å². The molecule has 5 nitrogen and oxygen atoms in total. The molecule has 0 saturated carbocycles. The van der Waals surface area contributed by atoms with E-state index >= 15 is 0 Å². The summed E-state index contributed by atoms with van der Waals surface area (Å²) < 4.78 is 5.50. The van der Waals surface area contributed by atoms with E-state index in [0.717, 1.165) is 11.1 Å². The first-order chi connectivity index (χ1) is 9.10. The number of aromatic nitrogens is 2. The van der Waals surface area contributed by atoms with Gasteiger partial charge in [0.1, 0.15) is 0 Å². The summed E-state index contributed by atoms with van der Waals surface area (Å²) in [5.41, 5.74) is 1.96. The summed E-state index contributed by atoms with van der Waals surface area (Å²) in [5, 5.41) is 16.9. The van der Waals surface area contributed by atoms with Crippen LogP contribution in [0.25, 0.3) is 0 Å². The Morgan fingerprint density at radius 3 is 2.79 bits per heavy atom. The van der Waals surface area contributed by atoms with E-state index in [0.29, 0.717) is 18.2 Å². The molecule has 1 atom stereocenters. The molecule has 0 amide bonds. The van der Waals surface area contributed by atoms with Crippen LogP contribution in [-0.4, -0.2) is 21.3 Å². The van der Waals surface area contributed by atoms with E-state index in [4.69, 9.17) is 9.52 Å². The summed E-state index contributed by atoms with van der Waals surface area (Å²) >= 11 is 0. The Morgan fingerprint density at radius 2 is 2.21 bits per heavy atom. The van der Waals surface area contributed by atoms with Crippen LogP contribution in [0.2, 0.25) is 0 Å². The van der Waals surface area contributed by atoms with Crippen molar-refractivity contribution in [3.05, 3.63) is 47.2 Å². The highest BCUT2D eigenvalue weighted by Crippen LogP contribution is 2.27. The van der Waals surface area contributed by atoms with Crippen molar-refractivity contribution in [1.29, 1.82) is 0 Å². The second-order valence-corrected chi connectivity index (χ2v) is 4.45. The monoisotopic (exact) mass is 260 g/mol. The van der Waals surface area contributed by atoms with Crippen molar-refractivity contribution in [2.24, 2.45) is 0 Å². The molecule has 0 fully saturated rings. The quantitative estimate of drug-likeness (QED) is 0.894. The van der Waals surface area contributed by atoms with Crippen LogP contribution in [0, 0.1) is 6.92 Å². The Balaban J connectivity index is 2.37. The SMILES string of the molecule is CCc1nnc(C(CC(=O)O)c2cccc(C)c2)o1. The molecule has 0 bridgehead atoms. The number of hydrogen-bond acceptors (Lipinski definition) is 4. The number of hydrogen-bond donors (Lipinski definition) is 1. The summed E-state index contributed by atoms with van der Waals surface area (Å²) in [7, 11) is 0. The predicted molar refractivity (Wildman–Crippen MR) is 69.0 cm³/mol. The summed E-state index contributed by atoms with van der Waals surface area (Å²) in [6.07, 6.45) is 0.579. The standard InChI is InChI=1S/C14H16N2O3/c1-3-12-15-16-14(19-12)11(8-13(17)18)10-6-4-5-9(2)7-10/h4-7,11H,3,8H2,1-2H3,(H,17,18). The highest BCUT2D eigenvalue weighted by Gasteiger charge is 2.23. The molecule has 2 aromatic rings. The van der Waals surface area contributed by atoms with Crippen molar-refractivity contribution in [2.75, 3.05) is 0 Å². The van der Waals surface area contributed by atoms with Gasteiger partial charge in [-0.3, -0.25) is 4.79 Å². The maximum atomic E-state index is 11.0. The number of carboxylic acid groups (broad SMARTS) is 1. The molecular formula is C14H16N2O3. The fourth-order valence-electron chi connectivity index (χ4n) is 1.96. The van der Waals surface area contributed by atoms with Gasteiger partial charge in [0.15, 0.2) is 0 Å². The average molecular weight is 260 g/mol. The van der Waals surface area contributed by atoms with Crippen molar-refractivity contribution in [2.45, 2.75) is 32.6 Å². The number of aliphatic carboxylic acids is 1. The Kier molecular flexibility index (Phi) is 3.94. The van der Waals surface area contributed by atoms with E-state index in [1.54, 1.807) is 0 Å². The minimum atomic E-state index is -0.886. The third kappa shape index (κ3) is 3.19. The zero-order valence-corrected chi connectivity index (χ0v) is 11.0. The van der Waals surface area contributed by atoms with Crippen LogP contribution >= 0.6 is 0 Å². The highest BCUT2D eigenvalue weighted by atomic mass is 16.4. The van der Waals surface area contributed by atoms with Crippen molar-refractivity contribution in [3.63, 3.8) is 0 Å². The number of aryl methyl sites for hydroxylation is 2. The molecule has 0 saturated heterocycles. The van der Waals surface area contributed by atoms with Gasteiger partial charge < -0.3 is 9.52 Å². The molecule has 1 unspecified atom stereocenters. The van der Waals surface area contributed by atoms with Crippen LogP contribution in [0.15, 0.2) is 28.7 Å². The molecule has 1 N–H and O–H groups in total. The second kappa shape index (κ2) is 5.65. The lowest BCUT2D eigenvalue weighted by Crippen LogP contribution is -2.08. The van der Waals surface area contributed by atoms with E-state index in [2.05, 4.69) is 10.2 Å². The number of benzene rings is 1. The molecule has 19 heavy (non-hydrogen) atoms. The minimum Gasteiger partial charge on any atom is -0.481 e. The Labute approximate surface area is 111 Å². The molecule has 5 heteroatoms. The third-order valence-corrected chi connectivity index (χ3v) is 2.91. The molecule has 1 aromatic carbocycles. The molecular weight excluding hydrogens is 244 g/mol. The molecule has 0 aliphatic heterocycles. The maximum absolute atomic E-state index is 11.0. The van der Waals surface area contributed by atoms with Gasteiger partial charge in [0.25, 0.3) is 0 Å². The largest absolute Gasteiger partial charge is 0.481 e. The molecule has 1 heterocycles. The summed E-state index contributed by atoms with van der Waals surface area (Å²) in [4.78, 5) is 11.0. The van der Waals surface area contributed by atoms with Gasteiger partial charge in [-0.2, -0.15) is 0 Å². The third-order valence-electron chi connectivity index (χ3n) is 2.91. The van der Waals surface area contributed by atoms with Gasteiger partial charge in [-0.05, 0) is 12.5 Å². The summed E-state index contributed by atoms with van der Waals surface area (Å²) in [6, 6.07) is 7.70. The fourth-order valence-corrected chi connectivity index (χ4v) is 1.96. The van der Waals surface area contributed by atoms with Gasteiger partial charge in [-0.1, -0.05) is 36.8 Å². The van der Waals surface area contributed by atoms with Crippen LogP contribution in [0.5, 0.6) is 0 Å². The lowest BCUT2D eigenvalue weighted by molar-refractivity contribution is -0.137. The molecule has 0 radical (unpaired) electrons. The van der Waals surface area contributed by atoms with Crippen molar-refractivity contribution < 1.29 is 14.3 Å². The lowest BCUT2D eigenvalue weighted by Gasteiger charge is -2.11. The number of carbonyl (C=O) groups is 1. The van der Waals surface area contributed by atoms with Crippen LogP contribution < -0.4 is 0 Å². The van der Waals surface area contributed by atoms with E-state index in [-0.39, 0.29) is 6.42 Å². The van der Waals surface area contributed by atoms with E-state index < -0.39 is 11.9 Å². The molecule has 1 aromatic heterocycles. The summed E-state index contributed by atoms with van der Waals surface area (Å²) in [6.45, 7) is 3.88. The Hall–Kier alpha value is -2.17. The lowest BCUT2D eigenvalue weighted by atomic mass is 9.94. The van der Waals surface area contributed by atoms with Crippen LogP contribution in [0.3, 0.4) is 0 Å². The van der Waals surface area contributed by atoms with Gasteiger partial charge >= 0.3 is 5.97 Å². The van der Waals surface area contributed by atoms with E-state index in [1.807, 2.05) is 38.1 Å². The molecule has 2 rings (SSSR count). The molecule has 0 aliphatic rings. The minimum absolute atomic E-state index is 0.0607. The van der Waals surface area contributed by atoms with Gasteiger partial charge in [0.2, 0.25) is 11.8 Å². The topological polar surface area (TPSA) is 76.2 Å². The van der Waals surface area contributed by atoms with E-state index in [9.17, 15) is 4.79 Å². The Morgan fingerprint density at radius 1 is 1.42 bits per heavy atom. The van der Waals surface area contributed by atoms with Crippen LogP contribution in [-0.2, 0) is 11.2 Å². The zero-order chi connectivity index (χ0) is 13.8. The molecule has 0 aliphatic carbocycles. The van der Waals surface area contributed by atoms with Crippen molar-refractivity contribution in [3.8, 4) is 0 Å². The second-order valence-electron chi connectivity index (χ2n) is 4.45. The van der Waals surface area contributed by atoms with Crippen molar-refractivity contribution in [1.82, 2.24) is 10.2 Å². The number of nitrogens with zero attached hydrogens (tertiary/aromatic N) is 2. The van der Waals surface area contributed by atoms with Crippen LogP contribution in [0.4, 0.5) is 0 Å². The maximum Gasteiger partial charge on any atom is 0.304 e. The molecule has 0 spiro atoms. The average Bonchev–Trinajstić information content (AvgIpc) is 2.84. The van der Waals surface area contributed by atoms with E-state index in [1.165, 1.54) is 0 Å². The first-order valence-electron chi connectivity index (χ1n) is 6.20. The normalized spacial score (nSPS) is 12.3.